The van der Waals surface area contributed by atoms with Gasteiger partial charge in [-0.05, 0) is 148 Å². The molecule has 126 heavy (non-hydrogen) atoms. The van der Waals surface area contributed by atoms with E-state index in [2.05, 4.69) is 437 Å². The van der Waals surface area contributed by atoms with Crippen LogP contribution in [0.5, 0.6) is 0 Å². The van der Waals surface area contributed by atoms with E-state index in [9.17, 15) is 0 Å². The highest BCUT2D eigenvalue weighted by atomic mass is 16.1. The van der Waals surface area contributed by atoms with Crippen LogP contribution in [0.3, 0.4) is 0 Å². The Kier molecular flexibility index (Phi) is 18.9. The van der Waals surface area contributed by atoms with Crippen molar-refractivity contribution in [1.29, 1.82) is 0 Å². The SMILES string of the molecule is CC(C)(C)c1cc([C+]2c3ccc([nH]3)[C+](c3ccccc3)c3ccc([nH]3)[C+](c3cc(C(C)(C)C)cc(C(C)(C)C)c3)c3cc4c(=O)c5cc6c(cc5[c+](c4[nH]3)-c3ccc2[nH]3)c(=O)c2cc3[nH]c2[c+]6-c2ccc([nH]2)[C+](c2cc(C(C)(C)C)cc(C(C)(C)C)c2)c2ccc([nH]2)[C+](c2ccccc2)c2ccc([nH]2)[C+]3c2cc(C(C)(C)C)cc(C(C)(C)C)c2)cc(C(C)(C)C)c1. The van der Waals surface area contributed by atoms with E-state index in [1.165, 1.54) is 44.5 Å². The van der Waals surface area contributed by atoms with Crippen LogP contribution in [0.2, 0.25) is 0 Å². The van der Waals surface area contributed by atoms with Crippen LogP contribution in [-0.4, -0.2) is 39.9 Å². The van der Waals surface area contributed by atoms with E-state index in [1.54, 1.807) is 0 Å². The van der Waals surface area contributed by atoms with Crippen LogP contribution in [0.4, 0.5) is 0 Å². The number of hydrogen-bond donors (Lipinski definition) is 8. The lowest BCUT2D eigenvalue weighted by Gasteiger charge is -2.25. The first-order chi connectivity index (χ1) is 59.3. The van der Waals surface area contributed by atoms with Gasteiger partial charge in [-0.15, -0.1) is 0 Å². The van der Waals surface area contributed by atoms with Crippen LogP contribution >= 0.6 is 0 Å². The van der Waals surface area contributed by atoms with E-state index in [0.29, 0.717) is 43.4 Å². The van der Waals surface area contributed by atoms with Gasteiger partial charge in [0, 0.05) is 72.8 Å². The molecule has 0 aliphatic carbocycles. The van der Waals surface area contributed by atoms with Crippen molar-refractivity contribution < 1.29 is 0 Å². The maximum absolute atomic E-state index is 17.2. The van der Waals surface area contributed by atoms with E-state index in [1.807, 2.05) is 0 Å². The predicted octanol–water partition coefficient (Wildman–Crippen LogP) is 27.5. The summed E-state index contributed by atoms with van der Waals surface area (Å²) in [5.41, 5.74) is 28.8. The van der Waals surface area contributed by atoms with Crippen molar-refractivity contribution >= 4 is 43.4 Å². The molecule has 0 amide bonds. The fourth-order valence-corrected chi connectivity index (χ4v) is 19.1. The summed E-state index contributed by atoms with van der Waals surface area (Å²) < 4.78 is 0. The number of benzene rings is 9. The standard InChI is InChI=1S/C116H116N8O2/c1-109(2,3)69-47-65(48-70(55-69)110(4,5)6)99-87-39-35-83(117-87)97(63-31-27-25-28-32-63)85-37-41-91(119-85)101(67-51-73(113(13,14)15)57-74(52-67)114(16,17)18)95-61-81-105(123-95)103(93-45-43-89(99)121-93)77-59-80-78(60-79(77)107(81)125)104-94-46-44-90(122-94)100(66-49-71(111(7,8)9)56-72(50-66)112(10,11)12)88-40-36-84(118-88)98(64-33-29-26-30-34-64)86-38-42-92(120-86)102(96-62-82(108(80)126)106(104)124-96)68-53-75(115(19,20)21)58-76(54-68)116(22,23)24/h25-62,117-122H,1-24H3/q+6/p+2. The van der Waals surface area contributed by atoms with Gasteiger partial charge in [0.15, 0.2) is 0 Å². The van der Waals surface area contributed by atoms with Crippen molar-refractivity contribution in [3.63, 3.8) is 0 Å². The molecule has 10 heterocycles. The fourth-order valence-electron chi connectivity index (χ4n) is 19.1. The normalized spacial score (nSPS) is 14.0. The summed E-state index contributed by atoms with van der Waals surface area (Å²) in [6, 6.07) is 84.6. The number of hydrogen-bond acceptors (Lipinski definition) is 2. The van der Waals surface area contributed by atoms with Gasteiger partial charge >= 0.3 is 0 Å². The maximum atomic E-state index is 17.2. The van der Waals surface area contributed by atoms with Crippen LogP contribution in [0.25, 0.3) is 65.9 Å². The first-order valence-electron chi connectivity index (χ1n) is 44.9. The molecular weight excluding hydrogens is 1540 g/mol. The maximum Gasteiger partial charge on any atom is 0.276 e. The summed E-state index contributed by atoms with van der Waals surface area (Å²) in [4.78, 5) is 67.3. The third-order valence-corrected chi connectivity index (χ3v) is 26.6. The number of aromatic amines is 8. The molecule has 16 bridgehead atoms. The Labute approximate surface area is 743 Å². The summed E-state index contributed by atoms with van der Waals surface area (Å²) in [6.45, 7) is 55.0. The zero-order chi connectivity index (χ0) is 89.1. The number of aromatic nitrogens is 8. The van der Waals surface area contributed by atoms with Crippen molar-refractivity contribution in [3.05, 3.63) is 433 Å². The first kappa shape index (κ1) is 82.7. The Morgan fingerprint density at radius 3 is 0.587 bits per heavy atom. The summed E-state index contributed by atoms with van der Waals surface area (Å²) in [5.74, 6) is 5.81. The van der Waals surface area contributed by atoms with Gasteiger partial charge in [-0.2, -0.15) is 0 Å². The molecular formula is C116H118N8O2+8. The van der Waals surface area contributed by atoms with E-state index in [0.717, 1.165) is 160 Å². The molecule has 0 saturated carbocycles. The van der Waals surface area contributed by atoms with E-state index in [-0.39, 0.29) is 54.2 Å². The molecule has 10 nitrogen and oxygen atoms in total. The molecule has 626 valence electrons. The Bertz CT molecular complexity index is 6690. The molecule has 8 aromatic heterocycles. The van der Waals surface area contributed by atoms with E-state index < -0.39 is 0 Å². The lowest BCUT2D eigenvalue weighted by atomic mass is 9.77. The zero-order valence-corrected chi connectivity index (χ0v) is 77.8. The molecule has 8 N–H and O–H groups in total. The van der Waals surface area contributed by atoms with Gasteiger partial charge in [0.2, 0.25) is 0 Å². The second kappa shape index (κ2) is 28.8. The van der Waals surface area contributed by atoms with E-state index >= 15 is 9.59 Å². The minimum Gasteiger partial charge on any atom is -0.327 e. The topological polar surface area (TPSA) is 160 Å². The monoisotopic (exact) mass is 1650 g/mol. The van der Waals surface area contributed by atoms with Gasteiger partial charge in [0.05, 0.1) is 130 Å². The average Bonchev–Trinajstić information content (AvgIpc) is 1.50. The second-order valence-electron chi connectivity index (χ2n) is 44.2. The number of fused-ring (bicyclic) bond motifs is 20. The van der Waals surface area contributed by atoms with Crippen LogP contribution < -0.4 is 10.9 Å². The third-order valence-electron chi connectivity index (χ3n) is 26.6. The summed E-state index contributed by atoms with van der Waals surface area (Å²) >= 11 is 0. The lowest BCUT2D eigenvalue weighted by molar-refractivity contribution is 0.567. The molecule has 0 spiro atoms. The van der Waals surface area contributed by atoms with Gasteiger partial charge in [-0.1, -0.05) is 166 Å². The molecule has 17 aromatic rings. The molecule has 0 unspecified atom stereocenters. The molecule has 2 aliphatic rings. The highest BCUT2D eigenvalue weighted by Crippen LogP contribution is 2.50. The van der Waals surface area contributed by atoms with Crippen molar-refractivity contribution in [2.24, 2.45) is 0 Å². The third kappa shape index (κ3) is 14.5. The zero-order valence-electron chi connectivity index (χ0n) is 77.8. The minimum absolute atomic E-state index is 0.167. The smallest absolute Gasteiger partial charge is 0.276 e. The molecule has 0 saturated heterocycles. The Morgan fingerprint density at radius 2 is 0.373 bits per heavy atom. The first-order valence-corrected chi connectivity index (χ1v) is 44.9. The fraction of sp³-hybridized carbons (Fsp3) is 0.276. The van der Waals surface area contributed by atoms with Crippen LogP contribution in [-0.2, 0) is 43.3 Å². The largest absolute Gasteiger partial charge is 0.327 e. The van der Waals surface area contributed by atoms with Crippen LogP contribution in [0, 0.1) is 35.5 Å². The summed E-state index contributed by atoms with van der Waals surface area (Å²) in [5, 5.41) is 3.23. The minimum atomic E-state index is -0.233. The van der Waals surface area contributed by atoms with E-state index in [4.69, 9.17) is 0 Å². The molecule has 0 atom stereocenters. The van der Waals surface area contributed by atoms with Crippen molar-refractivity contribution in [1.82, 2.24) is 39.9 Å². The van der Waals surface area contributed by atoms with Gasteiger partial charge in [0.25, 0.3) is 10.9 Å². The molecule has 19 rings (SSSR count). The average molecular weight is 1660 g/mol. The number of rotatable bonds is 6. The van der Waals surface area contributed by atoms with Crippen molar-refractivity contribution in [2.45, 2.75) is 209 Å². The van der Waals surface area contributed by atoms with Crippen molar-refractivity contribution in [2.75, 3.05) is 0 Å². The number of H-pyrrole nitrogens is 8. The van der Waals surface area contributed by atoms with Gasteiger partial charge in [0.1, 0.15) is 170 Å². The van der Waals surface area contributed by atoms with Gasteiger partial charge in [-0.3, -0.25) is 9.59 Å². The van der Waals surface area contributed by atoms with Gasteiger partial charge < -0.3 is 39.9 Å². The van der Waals surface area contributed by atoms with Crippen LogP contribution in [0.15, 0.2) is 240 Å². The summed E-state index contributed by atoms with van der Waals surface area (Å²) in [7, 11) is 0. The number of nitrogens with one attached hydrogen (secondary N) is 8. The van der Waals surface area contributed by atoms with Crippen molar-refractivity contribution in [3.8, 4) is 22.5 Å². The highest BCUT2D eigenvalue weighted by Gasteiger charge is 2.45. The molecule has 2 aliphatic heterocycles. The molecule has 0 fully saturated rings. The van der Waals surface area contributed by atoms with Crippen LogP contribution in [0.1, 0.15) is 312 Å². The molecule has 10 heteroatoms. The quantitative estimate of drug-likeness (QED) is 0.0616. The lowest BCUT2D eigenvalue weighted by Crippen LogP contribution is -2.19. The Hall–Kier alpha value is -12.9. The molecule has 0 radical (unpaired) electrons. The summed E-state index contributed by atoms with van der Waals surface area (Å²) in [6.07, 6.45) is 0. The Balaban J connectivity index is 0.942. The van der Waals surface area contributed by atoms with Gasteiger partial charge in [-0.25, -0.2) is 0 Å². The second-order valence-corrected chi connectivity index (χ2v) is 44.2. The molecule has 9 aromatic carbocycles. The highest BCUT2D eigenvalue weighted by molar-refractivity contribution is 6.19. The Morgan fingerprint density at radius 1 is 0.183 bits per heavy atom. The predicted molar refractivity (Wildman–Crippen MR) is 523 cm³/mol.